The van der Waals surface area contributed by atoms with Gasteiger partial charge < -0.3 is 44.8 Å². The topological polar surface area (TPSA) is 183 Å². The Bertz CT molecular complexity index is 959. The second-order valence-corrected chi connectivity index (χ2v) is 12.9. The first-order chi connectivity index (χ1) is 18.0. The number of rotatable bonds is 5. The molecule has 2 bridgehead atoms. The summed E-state index contributed by atoms with van der Waals surface area (Å²) >= 11 is 0. The van der Waals surface area contributed by atoms with Crippen LogP contribution in [0.4, 0.5) is 0 Å². The molecule has 6 rings (SSSR count). The van der Waals surface area contributed by atoms with Gasteiger partial charge in [-0.3, -0.25) is 4.79 Å². The molecule has 1 spiro atoms. The summed E-state index contributed by atoms with van der Waals surface area (Å²) in [6, 6.07) is 0. The number of ketones is 1. The lowest BCUT2D eigenvalue weighted by Crippen LogP contribution is -2.61. The minimum atomic E-state index is -1.75. The van der Waals surface area contributed by atoms with Crippen molar-refractivity contribution in [1.29, 1.82) is 0 Å². The Morgan fingerprint density at radius 3 is 2.45 bits per heavy atom. The van der Waals surface area contributed by atoms with Crippen LogP contribution in [0, 0.1) is 40.4 Å². The van der Waals surface area contributed by atoms with Crippen LogP contribution in [0.15, 0.2) is 0 Å². The highest BCUT2D eigenvalue weighted by atomic mass is 16.7. The number of ether oxygens (including phenoxy) is 3. The average Bonchev–Trinajstić information content (AvgIpc) is 3.41. The van der Waals surface area contributed by atoms with Crippen molar-refractivity contribution in [2.24, 2.45) is 40.4 Å². The zero-order valence-electron chi connectivity index (χ0n) is 21.6. The monoisotopic (exact) mass is 540 g/mol. The molecule has 0 aromatic carbocycles. The summed E-state index contributed by atoms with van der Waals surface area (Å²) in [7, 11) is 0. The fourth-order valence-electron chi connectivity index (χ4n) is 9.93. The molecule has 2 heterocycles. The van der Waals surface area contributed by atoms with Crippen molar-refractivity contribution in [1.82, 2.24) is 0 Å². The van der Waals surface area contributed by atoms with Gasteiger partial charge in [0.15, 0.2) is 24.5 Å². The van der Waals surface area contributed by atoms with Crippen molar-refractivity contribution in [2.75, 3.05) is 6.61 Å². The molecule has 38 heavy (non-hydrogen) atoms. The lowest BCUT2D eigenvalue weighted by atomic mass is 9.44. The van der Waals surface area contributed by atoms with Gasteiger partial charge in [-0.2, -0.15) is 0 Å². The largest absolute Gasteiger partial charge is 0.479 e. The molecule has 15 atom stereocenters. The Balaban J connectivity index is 1.18. The number of carboxylic acid groups (broad SMARTS) is 1. The molecule has 11 heteroatoms. The first-order valence-corrected chi connectivity index (χ1v) is 14.1. The predicted octanol–water partition coefficient (Wildman–Crippen LogP) is -0.209. The van der Waals surface area contributed by atoms with Crippen LogP contribution < -0.4 is 0 Å². The van der Waals surface area contributed by atoms with E-state index in [1.165, 1.54) is 0 Å². The lowest BCUT2D eigenvalue weighted by molar-refractivity contribution is -0.310. The normalized spacial score (nSPS) is 55.6. The lowest BCUT2D eigenvalue weighted by Gasteiger charge is -2.60. The molecule has 4 saturated carbocycles. The molecular formula is C27H40O11. The number of carboxylic acids is 1. The van der Waals surface area contributed by atoms with Crippen LogP contribution in [-0.2, 0) is 23.8 Å². The molecule has 0 aromatic heterocycles. The van der Waals surface area contributed by atoms with Crippen LogP contribution in [0.3, 0.4) is 0 Å². The fraction of sp³-hybridized carbons (Fsp3) is 0.926. The highest BCUT2D eigenvalue weighted by molar-refractivity contribution is 5.83. The predicted molar refractivity (Wildman–Crippen MR) is 127 cm³/mol. The van der Waals surface area contributed by atoms with E-state index in [2.05, 4.69) is 6.92 Å². The standard InChI is InChI=1S/C27H40O11/c1-26-7-6-12(36-24-21(32)19(30)20(31)22(38-24)23(33)34)8-11(26)2-3-13-14-4-5-15(16(29)10-28)27(14)9-17(18(13)26)37-25(27)35/h11-15,17-22,24-25,28,30-32,35H,2-10H2,1H3,(H,33,34)/t11-,12-,13+,14+,15-,17+,18-,19+,20+,21-,22+,24-,25?,26+,27-/m1/s1. The first kappa shape index (κ1) is 27.0. The highest BCUT2D eigenvalue weighted by Gasteiger charge is 2.71. The van der Waals surface area contributed by atoms with Gasteiger partial charge in [-0.05, 0) is 80.5 Å². The van der Waals surface area contributed by atoms with Crippen LogP contribution in [0.1, 0.15) is 58.3 Å². The van der Waals surface area contributed by atoms with E-state index in [1.54, 1.807) is 0 Å². The van der Waals surface area contributed by atoms with Gasteiger partial charge in [0.05, 0.1) is 12.2 Å². The summed E-state index contributed by atoms with van der Waals surface area (Å²) in [5.41, 5.74) is -0.677. The van der Waals surface area contributed by atoms with Gasteiger partial charge in [0.2, 0.25) is 0 Å². The van der Waals surface area contributed by atoms with E-state index >= 15 is 0 Å². The number of aliphatic carboxylic acids is 1. The summed E-state index contributed by atoms with van der Waals surface area (Å²) in [6.07, 6.45) is -3.32. The van der Waals surface area contributed by atoms with Gasteiger partial charge in [-0.25, -0.2) is 4.79 Å². The number of carbonyl (C=O) groups excluding carboxylic acids is 1. The van der Waals surface area contributed by atoms with Crippen LogP contribution >= 0.6 is 0 Å². The zero-order valence-corrected chi connectivity index (χ0v) is 21.6. The molecule has 6 N–H and O–H groups in total. The summed E-state index contributed by atoms with van der Waals surface area (Å²) in [4.78, 5) is 24.1. The molecular weight excluding hydrogens is 500 g/mol. The summed E-state index contributed by atoms with van der Waals surface area (Å²) in [6.45, 7) is 1.79. The van der Waals surface area contributed by atoms with Gasteiger partial charge in [0.1, 0.15) is 24.9 Å². The van der Waals surface area contributed by atoms with Crippen molar-refractivity contribution in [3.8, 4) is 0 Å². The number of Topliss-reactive ketones (excluding diaryl/α,β-unsaturated/α-hetero) is 1. The van der Waals surface area contributed by atoms with Gasteiger partial charge in [-0.1, -0.05) is 6.92 Å². The third-order valence-corrected chi connectivity index (χ3v) is 11.6. The average molecular weight is 541 g/mol. The Hall–Kier alpha value is -1.18. The molecule has 2 aliphatic heterocycles. The second-order valence-electron chi connectivity index (χ2n) is 12.9. The summed E-state index contributed by atoms with van der Waals surface area (Å²) in [5.74, 6) is -0.976. The molecule has 11 nitrogen and oxygen atoms in total. The van der Waals surface area contributed by atoms with Crippen molar-refractivity contribution < 1.29 is 54.4 Å². The molecule has 6 fully saturated rings. The summed E-state index contributed by atoms with van der Waals surface area (Å²) < 4.78 is 17.6. The van der Waals surface area contributed by atoms with Crippen LogP contribution in [0.5, 0.6) is 0 Å². The molecule has 0 radical (unpaired) electrons. The quantitative estimate of drug-likeness (QED) is 0.254. The Kier molecular flexibility index (Phi) is 6.71. The number of carbonyl (C=O) groups is 2. The van der Waals surface area contributed by atoms with Crippen molar-refractivity contribution >= 4 is 11.8 Å². The van der Waals surface area contributed by atoms with E-state index in [0.717, 1.165) is 25.7 Å². The molecule has 0 aromatic rings. The van der Waals surface area contributed by atoms with Gasteiger partial charge in [-0.15, -0.1) is 0 Å². The Labute approximate surface area is 221 Å². The van der Waals surface area contributed by atoms with Crippen LogP contribution in [0.25, 0.3) is 0 Å². The third-order valence-electron chi connectivity index (χ3n) is 11.6. The number of aliphatic hydroxyl groups is 5. The Morgan fingerprint density at radius 2 is 1.74 bits per heavy atom. The van der Waals surface area contributed by atoms with Crippen molar-refractivity contribution in [3.05, 3.63) is 0 Å². The van der Waals surface area contributed by atoms with Crippen LogP contribution in [-0.4, -0.2) is 98.2 Å². The maximum atomic E-state index is 12.6. The number of aliphatic hydroxyl groups excluding tert-OH is 5. The van der Waals surface area contributed by atoms with Gasteiger partial charge >= 0.3 is 5.97 Å². The molecule has 0 amide bonds. The number of fused-ring (bicyclic) bond motifs is 6. The SMILES string of the molecule is C[C@]12CC[C@@H](O[C@@H]3O[C@H](C(=O)O)[C@@H](O)[C@H](O)[C@H]3O)C[C@H]1CC[C@@H]1[C@@H]2[C@@H]2C[C@]3(C(O)O2)[C@@H](C(=O)CO)CC[C@@H]13. The van der Waals surface area contributed by atoms with E-state index in [1.807, 2.05) is 0 Å². The molecule has 6 aliphatic rings. The van der Waals surface area contributed by atoms with E-state index in [-0.39, 0.29) is 47.1 Å². The first-order valence-electron chi connectivity index (χ1n) is 14.1. The van der Waals surface area contributed by atoms with E-state index in [9.17, 15) is 40.2 Å². The minimum Gasteiger partial charge on any atom is -0.479 e. The smallest absolute Gasteiger partial charge is 0.335 e. The van der Waals surface area contributed by atoms with Crippen molar-refractivity contribution in [3.63, 3.8) is 0 Å². The fourth-order valence-corrected chi connectivity index (χ4v) is 9.93. The molecule has 214 valence electrons. The summed E-state index contributed by atoms with van der Waals surface area (Å²) in [5, 5.41) is 60.6. The maximum Gasteiger partial charge on any atom is 0.335 e. The second kappa shape index (κ2) is 9.44. The van der Waals surface area contributed by atoms with E-state index in [0.29, 0.717) is 31.6 Å². The third kappa shape index (κ3) is 3.69. The molecule has 1 unspecified atom stereocenters. The van der Waals surface area contributed by atoms with E-state index < -0.39 is 55.0 Å². The van der Waals surface area contributed by atoms with Crippen molar-refractivity contribution in [2.45, 2.75) is 107 Å². The zero-order chi connectivity index (χ0) is 27.1. The highest BCUT2D eigenvalue weighted by Crippen LogP contribution is 2.71. The number of hydrogen-bond acceptors (Lipinski definition) is 10. The Morgan fingerprint density at radius 1 is 0.974 bits per heavy atom. The molecule has 4 aliphatic carbocycles. The number of hydrogen-bond donors (Lipinski definition) is 6. The minimum absolute atomic E-state index is 0.0753. The maximum absolute atomic E-state index is 12.6. The molecule has 2 saturated heterocycles. The van der Waals surface area contributed by atoms with Crippen LogP contribution in [0.2, 0.25) is 0 Å². The van der Waals surface area contributed by atoms with Gasteiger partial charge in [0, 0.05) is 11.3 Å². The van der Waals surface area contributed by atoms with Gasteiger partial charge in [0.25, 0.3) is 0 Å². The van der Waals surface area contributed by atoms with E-state index in [4.69, 9.17) is 14.2 Å².